The van der Waals surface area contributed by atoms with Crippen LogP contribution in [-0.4, -0.2) is 0 Å². The molecule has 0 aromatic heterocycles. The fourth-order valence-corrected chi connectivity index (χ4v) is 6.65. The monoisotopic (exact) mass is 511 g/mol. The van der Waals surface area contributed by atoms with Gasteiger partial charge in [0.15, 0.2) is 0 Å². The van der Waals surface area contributed by atoms with Gasteiger partial charge in [0.05, 0.1) is 0 Å². The van der Waals surface area contributed by atoms with Gasteiger partial charge < -0.3 is 24.8 Å². The van der Waals surface area contributed by atoms with Gasteiger partial charge in [0, 0.05) is 0 Å². The van der Waals surface area contributed by atoms with Crippen molar-refractivity contribution in [1.82, 2.24) is 0 Å². The average molecular weight is 514 g/mol. The van der Waals surface area contributed by atoms with E-state index in [2.05, 4.69) is 62.4 Å². The zero-order chi connectivity index (χ0) is 19.3. The first-order valence-electron chi connectivity index (χ1n) is 10.7. The van der Waals surface area contributed by atoms with E-state index in [1.807, 2.05) is 0 Å². The Morgan fingerprint density at radius 2 is 1.60 bits per heavy atom. The molecule has 0 radical (unpaired) electrons. The van der Waals surface area contributed by atoms with E-state index >= 15 is 0 Å². The van der Waals surface area contributed by atoms with Gasteiger partial charge >= 0.3 is 184 Å². The van der Waals surface area contributed by atoms with Crippen LogP contribution in [0.1, 0.15) is 75.0 Å². The van der Waals surface area contributed by atoms with Crippen LogP contribution in [-0.2, 0) is 24.7 Å². The van der Waals surface area contributed by atoms with Gasteiger partial charge in [0.2, 0.25) is 0 Å². The maximum Gasteiger partial charge on any atom is -1.00 e. The molecular weight excluding hydrogens is 486 g/mol. The molecular formula is C27H27Cl2Zr. The van der Waals surface area contributed by atoms with E-state index in [0.29, 0.717) is 0 Å². The van der Waals surface area contributed by atoms with Crippen LogP contribution in [0.5, 0.6) is 0 Å². The van der Waals surface area contributed by atoms with Crippen molar-refractivity contribution in [3.05, 3.63) is 86.1 Å². The van der Waals surface area contributed by atoms with Crippen molar-refractivity contribution in [1.29, 1.82) is 0 Å². The summed E-state index contributed by atoms with van der Waals surface area (Å²) in [6.45, 7) is 4.65. The van der Waals surface area contributed by atoms with E-state index in [-0.39, 0.29) is 24.8 Å². The molecule has 0 aliphatic heterocycles. The Morgan fingerprint density at radius 3 is 2.23 bits per heavy atom. The summed E-state index contributed by atoms with van der Waals surface area (Å²) < 4.78 is 1.54. The summed E-state index contributed by atoms with van der Waals surface area (Å²) in [6.07, 6.45) is 14.9. The average Bonchev–Trinajstić information content (AvgIpc) is 3.35. The van der Waals surface area contributed by atoms with Crippen molar-refractivity contribution in [2.45, 2.75) is 58.3 Å². The number of allylic oxidation sites excluding steroid dienone is 4. The molecule has 3 aliphatic rings. The smallest absolute Gasteiger partial charge is 1.00 e. The Bertz CT molecular complexity index is 1240. The number of benzene rings is 2. The fourth-order valence-electron chi connectivity index (χ4n) is 5.47. The third-order valence-electron chi connectivity index (χ3n) is 6.73. The van der Waals surface area contributed by atoms with Gasteiger partial charge in [-0.2, -0.15) is 0 Å². The second-order valence-corrected chi connectivity index (χ2v) is 9.95. The van der Waals surface area contributed by atoms with Crippen LogP contribution < -0.4 is 35.3 Å². The van der Waals surface area contributed by atoms with E-state index in [1.165, 1.54) is 89.2 Å². The van der Waals surface area contributed by atoms with E-state index < -0.39 is 0 Å². The molecule has 0 atom stereocenters. The predicted molar refractivity (Wildman–Crippen MR) is 115 cm³/mol. The van der Waals surface area contributed by atoms with Crippen LogP contribution in [0.15, 0.2) is 48.6 Å². The maximum absolute atomic E-state index is 2.59. The summed E-state index contributed by atoms with van der Waals surface area (Å²) in [5.41, 5.74) is 7.70. The number of hydrogen-bond acceptors (Lipinski definition) is 0. The molecule has 3 aliphatic carbocycles. The number of halogens is 2. The van der Waals surface area contributed by atoms with Crippen molar-refractivity contribution in [3.8, 4) is 0 Å². The summed E-state index contributed by atoms with van der Waals surface area (Å²) >= 11 is 1.52. The van der Waals surface area contributed by atoms with Crippen LogP contribution in [0.3, 0.4) is 0 Å². The molecule has 153 valence electrons. The Labute approximate surface area is 207 Å². The third-order valence-corrected chi connectivity index (χ3v) is 8.01. The molecule has 2 aromatic rings. The standard InChI is InChI=1S/C27H27.2ClH.Zr/c1-18(2)26-23(19-10-4-3-5-11-19)17-24-22-15-9-8-14-21(22)16-25(24)27(26)20-12-6-7-13-20;;;/h6-9,12,14-15,17,19H,3-5,10-11,13H2,1-2H3;2*1H;/q;;;+2/p-2. The Hall–Kier alpha value is -0.877. The van der Waals surface area contributed by atoms with Gasteiger partial charge in [-0.15, -0.1) is 0 Å². The number of fused-ring (bicyclic) bond motifs is 2. The summed E-state index contributed by atoms with van der Waals surface area (Å²) in [5, 5.41) is 5.97. The van der Waals surface area contributed by atoms with Gasteiger partial charge in [-0.3, -0.25) is 0 Å². The van der Waals surface area contributed by atoms with Crippen molar-refractivity contribution in [3.63, 3.8) is 0 Å². The molecule has 5 rings (SSSR count). The predicted octanol–water partition coefficient (Wildman–Crippen LogP) is -0.420. The normalized spacial score (nSPS) is 17.1. The van der Waals surface area contributed by atoms with Crippen molar-refractivity contribution < 1.29 is 49.5 Å². The first kappa shape index (κ1) is 23.8. The molecule has 0 amide bonds. The van der Waals surface area contributed by atoms with Gasteiger partial charge in [0.1, 0.15) is 0 Å². The van der Waals surface area contributed by atoms with Gasteiger partial charge in [-0.05, 0) is 0 Å². The first-order chi connectivity index (χ1) is 13.7. The SMILES string of the molecule is CC(C)=c1c(C2CCCCC2)cc2c(c1C1=CC=CC1)[C]([Zr+2])=c1ccccc1=2.[Cl-].[Cl-]. The van der Waals surface area contributed by atoms with Crippen LogP contribution in [0.4, 0.5) is 0 Å². The summed E-state index contributed by atoms with van der Waals surface area (Å²) in [7, 11) is 0. The quantitative estimate of drug-likeness (QED) is 0.512. The summed E-state index contributed by atoms with van der Waals surface area (Å²) in [4.78, 5) is 0. The zero-order valence-corrected chi connectivity index (χ0v) is 21.7. The number of rotatable bonds is 2. The van der Waals surface area contributed by atoms with Crippen LogP contribution >= 0.6 is 0 Å². The topological polar surface area (TPSA) is 0 Å². The van der Waals surface area contributed by atoms with Crippen LogP contribution in [0.2, 0.25) is 0 Å². The molecule has 1 fully saturated rings. The molecule has 0 nitrogen and oxygen atoms in total. The number of hydrogen-bond donors (Lipinski definition) is 0. The molecule has 0 spiro atoms. The third kappa shape index (κ3) is 3.87. The molecule has 0 saturated heterocycles. The minimum absolute atomic E-state index is 0. The Balaban J connectivity index is 0.00000128. The van der Waals surface area contributed by atoms with E-state index in [0.717, 1.165) is 12.3 Å². The largest absolute Gasteiger partial charge is 1.00 e. The Morgan fingerprint density at radius 1 is 0.900 bits per heavy atom. The van der Waals surface area contributed by atoms with Crippen LogP contribution in [0, 0.1) is 10.4 Å². The molecule has 1 saturated carbocycles. The second kappa shape index (κ2) is 9.73. The molecule has 0 bridgehead atoms. The molecule has 0 N–H and O–H groups in total. The molecule has 0 heterocycles. The van der Waals surface area contributed by atoms with Crippen LogP contribution in [0.25, 0.3) is 14.4 Å². The summed E-state index contributed by atoms with van der Waals surface area (Å²) in [5.74, 6) is 0.721. The van der Waals surface area contributed by atoms with Crippen molar-refractivity contribution in [2.24, 2.45) is 0 Å². The summed E-state index contributed by atoms with van der Waals surface area (Å²) in [6, 6.07) is 11.7. The second-order valence-electron chi connectivity index (χ2n) is 8.72. The maximum atomic E-state index is 2.59. The minimum atomic E-state index is 0. The first-order valence-corrected chi connectivity index (χ1v) is 12.0. The molecule has 0 unspecified atom stereocenters. The molecule has 30 heavy (non-hydrogen) atoms. The van der Waals surface area contributed by atoms with Gasteiger partial charge in [0.25, 0.3) is 0 Å². The van der Waals surface area contributed by atoms with E-state index in [1.54, 1.807) is 19.6 Å². The zero-order valence-electron chi connectivity index (χ0n) is 17.7. The van der Waals surface area contributed by atoms with Crippen molar-refractivity contribution in [2.75, 3.05) is 0 Å². The minimum Gasteiger partial charge on any atom is -1.00 e. The molecule has 2 aromatic carbocycles. The van der Waals surface area contributed by atoms with Gasteiger partial charge in [-0.1, -0.05) is 0 Å². The van der Waals surface area contributed by atoms with E-state index in [9.17, 15) is 0 Å². The Kier molecular flexibility index (Phi) is 7.71. The van der Waals surface area contributed by atoms with Gasteiger partial charge in [-0.25, -0.2) is 0 Å². The molecule has 3 heteroatoms. The van der Waals surface area contributed by atoms with Crippen molar-refractivity contribution >= 4 is 14.4 Å². The fraction of sp³-hybridized carbons (Fsp3) is 0.333. The van der Waals surface area contributed by atoms with E-state index in [4.69, 9.17) is 0 Å².